The normalized spacial score (nSPS) is 11.0. The summed E-state index contributed by atoms with van der Waals surface area (Å²) in [5.74, 6) is 0.759. The Bertz CT molecular complexity index is 1370. The van der Waals surface area contributed by atoms with Crippen molar-refractivity contribution in [1.29, 1.82) is 0 Å². The summed E-state index contributed by atoms with van der Waals surface area (Å²) in [5.41, 5.74) is 2.72. The molecule has 3 aromatic rings. The molecule has 0 atom stereocenters. The predicted molar refractivity (Wildman–Crippen MR) is 163 cm³/mol. The molecule has 10 nitrogen and oxygen atoms in total. The summed E-state index contributed by atoms with van der Waals surface area (Å²) in [7, 11) is 4.76. The maximum atomic E-state index is 13.7. The predicted octanol–water partition coefficient (Wildman–Crippen LogP) is 5.13. The molecule has 0 radical (unpaired) electrons. The molecular formula is C31H37N3O7S. The fourth-order valence-electron chi connectivity index (χ4n) is 4.24. The van der Waals surface area contributed by atoms with Gasteiger partial charge < -0.3 is 24.0 Å². The number of methoxy groups -OCH3 is 3. The zero-order valence-corrected chi connectivity index (χ0v) is 25.2. The number of carbonyl (C=O) groups is 2. The highest BCUT2D eigenvalue weighted by Crippen LogP contribution is 2.28. The number of nitrogens with zero attached hydrogens (tertiary/aromatic N) is 3. The van der Waals surface area contributed by atoms with Gasteiger partial charge in [-0.2, -0.15) is 0 Å². The fourth-order valence-corrected chi connectivity index (χ4v) is 5.16. The van der Waals surface area contributed by atoms with E-state index in [9.17, 15) is 19.7 Å². The second-order valence-electron chi connectivity index (χ2n) is 9.57. The second-order valence-corrected chi connectivity index (χ2v) is 10.6. The van der Waals surface area contributed by atoms with Crippen molar-refractivity contribution >= 4 is 34.9 Å². The highest BCUT2D eigenvalue weighted by molar-refractivity contribution is 7.10. The zero-order chi connectivity index (χ0) is 30.5. The van der Waals surface area contributed by atoms with Crippen molar-refractivity contribution in [3.05, 3.63) is 91.7 Å². The Hall–Kier alpha value is -4.22. The van der Waals surface area contributed by atoms with Crippen LogP contribution >= 0.6 is 11.3 Å². The number of thiophene rings is 1. The van der Waals surface area contributed by atoms with E-state index < -0.39 is 4.92 Å². The summed E-state index contributed by atoms with van der Waals surface area (Å²) in [6.07, 6.45) is 4.13. The van der Waals surface area contributed by atoms with Crippen LogP contribution in [0.2, 0.25) is 0 Å². The van der Waals surface area contributed by atoms with Gasteiger partial charge in [-0.15, -0.1) is 11.3 Å². The SMILES string of the molecule is COCCCN(CC(=O)N(CCc1ccc(OC)c(OC)c1)Cc1sccc1C)C(=O)/C=C/c1ccc([N+](=O)[O-])cc1. The summed E-state index contributed by atoms with van der Waals surface area (Å²) in [6.45, 7) is 3.60. The van der Waals surface area contributed by atoms with E-state index in [1.807, 2.05) is 36.6 Å². The lowest BCUT2D eigenvalue weighted by atomic mass is 10.1. The minimum absolute atomic E-state index is 0.0283. The molecular weight excluding hydrogens is 558 g/mol. The number of carbonyl (C=O) groups excluding carboxylic acids is 2. The van der Waals surface area contributed by atoms with Crippen molar-refractivity contribution in [2.45, 2.75) is 26.3 Å². The average Bonchev–Trinajstić information content (AvgIpc) is 3.41. The summed E-state index contributed by atoms with van der Waals surface area (Å²) in [6, 6.07) is 13.6. The molecule has 0 aliphatic rings. The van der Waals surface area contributed by atoms with E-state index in [2.05, 4.69) is 0 Å². The molecule has 3 rings (SSSR count). The van der Waals surface area contributed by atoms with Crippen LogP contribution in [-0.4, -0.2) is 74.1 Å². The number of benzene rings is 2. The summed E-state index contributed by atoms with van der Waals surface area (Å²) >= 11 is 1.60. The molecule has 0 aliphatic carbocycles. The molecule has 11 heteroatoms. The minimum Gasteiger partial charge on any atom is -0.493 e. The zero-order valence-electron chi connectivity index (χ0n) is 24.4. The monoisotopic (exact) mass is 595 g/mol. The van der Waals surface area contributed by atoms with E-state index >= 15 is 0 Å². The van der Waals surface area contributed by atoms with Gasteiger partial charge in [0.2, 0.25) is 11.8 Å². The largest absolute Gasteiger partial charge is 0.493 e. The van der Waals surface area contributed by atoms with Crippen LogP contribution in [0, 0.1) is 17.0 Å². The summed E-state index contributed by atoms with van der Waals surface area (Å²) in [5, 5.41) is 12.9. The topological polar surface area (TPSA) is 111 Å². The van der Waals surface area contributed by atoms with Crippen molar-refractivity contribution in [2.75, 3.05) is 47.6 Å². The maximum Gasteiger partial charge on any atom is 0.269 e. The van der Waals surface area contributed by atoms with E-state index in [1.165, 1.54) is 23.1 Å². The van der Waals surface area contributed by atoms with Gasteiger partial charge in [0.1, 0.15) is 6.54 Å². The smallest absolute Gasteiger partial charge is 0.269 e. The molecule has 0 aliphatic heterocycles. The van der Waals surface area contributed by atoms with Crippen LogP contribution in [0.25, 0.3) is 6.08 Å². The molecule has 2 amide bonds. The highest BCUT2D eigenvalue weighted by Gasteiger charge is 2.21. The van der Waals surface area contributed by atoms with Crippen LogP contribution < -0.4 is 9.47 Å². The van der Waals surface area contributed by atoms with Crippen LogP contribution in [0.3, 0.4) is 0 Å². The van der Waals surface area contributed by atoms with E-state index in [4.69, 9.17) is 14.2 Å². The number of rotatable bonds is 16. The van der Waals surface area contributed by atoms with Gasteiger partial charge in [0, 0.05) is 49.9 Å². The van der Waals surface area contributed by atoms with E-state index in [1.54, 1.807) is 55.8 Å². The van der Waals surface area contributed by atoms with E-state index in [0.717, 1.165) is 16.0 Å². The maximum absolute atomic E-state index is 13.7. The van der Waals surface area contributed by atoms with Crippen molar-refractivity contribution in [1.82, 2.24) is 9.80 Å². The van der Waals surface area contributed by atoms with Gasteiger partial charge in [-0.05, 0) is 78.2 Å². The van der Waals surface area contributed by atoms with Gasteiger partial charge in [0.25, 0.3) is 5.69 Å². The first kappa shape index (κ1) is 32.3. The van der Waals surface area contributed by atoms with E-state index in [0.29, 0.717) is 56.1 Å². The number of nitro groups is 1. The van der Waals surface area contributed by atoms with Gasteiger partial charge in [-0.1, -0.05) is 6.07 Å². The number of amides is 2. The Balaban J connectivity index is 1.77. The third-order valence-corrected chi connectivity index (χ3v) is 7.72. The van der Waals surface area contributed by atoms with Gasteiger partial charge >= 0.3 is 0 Å². The Morgan fingerprint density at radius 2 is 1.71 bits per heavy atom. The lowest BCUT2D eigenvalue weighted by molar-refractivity contribution is -0.384. The summed E-state index contributed by atoms with van der Waals surface area (Å²) < 4.78 is 15.9. The first-order chi connectivity index (χ1) is 20.2. The first-order valence-corrected chi connectivity index (χ1v) is 14.4. The molecule has 1 heterocycles. The number of aryl methyl sites for hydroxylation is 1. The standard InChI is InChI=1S/C31H37N3O7S/c1-23-15-19-42-29(23)21-33(17-14-25-8-12-27(40-3)28(20-25)41-4)31(36)22-32(16-5-18-39-2)30(35)13-9-24-6-10-26(11-7-24)34(37)38/h6-13,15,19-20H,5,14,16-18,21-22H2,1-4H3/b13-9+. The van der Waals surface area contributed by atoms with Crippen LogP contribution in [0.4, 0.5) is 5.69 Å². The molecule has 0 fully saturated rings. The molecule has 1 aromatic heterocycles. The molecule has 42 heavy (non-hydrogen) atoms. The highest BCUT2D eigenvalue weighted by atomic mass is 32.1. The van der Waals surface area contributed by atoms with Crippen molar-refractivity contribution in [3.63, 3.8) is 0 Å². The third-order valence-electron chi connectivity index (χ3n) is 6.71. The quantitative estimate of drug-likeness (QED) is 0.0977. The second kappa shape index (κ2) is 16.3. The van der Waals surface area contributed by atoms with Crippen molar-refractivity contribution < 1.29 is 28.7 Å². The Morgan fingerprint density at radius 1 is 0.976 bits per heavy atom. The Kier molecular flexibility index (Phi) is 12.5. The minimum atomic E-state index is -0.476. The summed E-state index contributed by atoms with van der Waals surface area (Å²) in [4.78, 5) is 41.8. The van der Waals surface area contributed by atoms with Gasteiger partial charge in [-0.25, -0.2) is 0 Å². The first-order valence-electron chi connectivity index (χ1n) is 13.5. The molecule has 0 N–H and O–H groups in total. The molecule has 2 aromatic carbocycles. The van der Waals surface area contributed by atoms with Crippen LogP contribution in [-0.2, 0) is 27.3 Å². The molecule has 224 valence electrons. The molecule has 0 bridgehead atoms. The van der Waals surface area contributed by atoms with Crippen LogP contribution in [0.5, 0.6) is 11.5 Å². The number of ether oxygens (including phenoxy) is 3. The van der Waals surface area contributed by atoms with Crippen LogP contribution in [0.1, 0.15) is 28.0 Å². The van der Waals surface area contributed by atoms with Gasteiger partial charge in [-0.3, -0.25) is 19.7 Å². The third kappa shape index (κ3) is 9.42. The van der Waals surface area contributed by atoms with Gasteiger partial charge in [0.05, 0.1) is 25.7 Å². The molecule has 0 spiro atoms. The molecule has 0 saturated carbocycles. The lowest BCUT2D eigenvalue weighted by Gasteiger charge is -2.27. The number of nitro benzene ring substituents is 1. The number of hydrogen-bond donors (Lipinski definition) is 0. The number of non-ortho nitro benzene ring substituents is 1. The molecule has 0 saturated heterocycles. The van der Waals surface area contributed by atoms with Crippen LogP contribution in [0.15, 0.2) is 60.0 Å². The van der Waals surface area contributed by atoms with Gasteiger partial charge in [0.15, 0.2) is 11.5 Å². The fraction of sp³-hybridized carbons (Fsp3) is 0.355. The van der Waals surface area contributed by atoms with Crippen molar-refractivity contribution in [2.24, 2.45) is 0 Å². The van der Waals surface area contributed by atoms with Crippen molar-refractivity contribution in [3.8, 4) is 11.5 Å². The average molecular weight is 596 g/mol. The molecule has 0 unspecified atom stereocenters. The Morgan fingerprint density at radius 3 is 2.33 bits per heavy atom. The van der Waals surface area contributed by atoms with E-state index in [-0.39, 0.29) is 24.0 Å². The lowest BCUT2D eigenvalue weighted by Crippen LogP contribution is -2.43. The Labute approximate surface area is 250 Å². The number of hydrogen-bond acceptors (Lipinski definition) is 8.